The van der Waals surface area contributed by atoms with Crippen LogP contribution in [0, 0.1) is 12.8 Å². The Morgan fingerprint density at radius 3 is 2.47 bits per heavy atom. The van der Waals surface area contributed by atoms with E-state index >= 15 is 0 Å². The number of rotatable bonds is 7. The van der Waals surface area contributed by atoms with Gasteiger partial charge < -0.3 is 0 Å². The van der Waals surface area contributed by atoms with E-state index in [0.29, 0.717) is 0 Å². The summed E-state index contributed by atoms with van der Waals surface area (Å²) < 4.78 is 0. The van der Waals surface area contributed by atoms with Crippen LogP contribution >= 0.6 is 0 Å². The molecule has 0 aromatic carbocycles. The molecule has 0 atom stereocenters. The normalized spacial score (nSPS) is 9.94. The molecule has 0 bridgehead atoms. The predicted molar refractivity (Wildman–Crippen MR) is 79.7 cm³/mol. The molecule has 0 fully saturated rings. The first-order valence-corrected chi connectivity index (χ1v) is 5.61. The summed E-state index contributed by atoms with van der Waals surface area (Å²) >= 11 is 0. The molecule has 0 saturated carbocycles. The summed E-state index contributed by atoms with van der Waals surface area (Å²) in [4.78, 5) is 0. The molecule has 0 saturated heterocycles. The average molecular weight is 226 g/mol. The largest absolute Gasteiger partial charge is 0.129 e. The van der Waals surface area contributed by atoms with Gasteiger partial charge in [-0.3, -0.25) is 0 Å². The molecule has 0 unspecified atom stereocenters. The standard InChI is InChI=1S/C15H20.C2H2/c1-5-8-10-12-14(4)15(11-7-3)13-9-6-2;1-2/h6,8,10-12H,1-2,4,7,9,13H2,3H3;1-2H/b12-10-,15-11?;. The minimum Gasteiger partial charge on any atom is -0.129 e. The number of terminal acetylenes is 1. The van der Waals surface area contributed by atoms with Crippen LogP contribution in [0.5, 0.6) is 0 Å². The zero-order valence-corrected chi connectivity index (χ0v) is 10.8. The van der Waals surface area contributed by atoms with Gasteiger partial charge in [0, 0.05) is 0 Å². The molecule has 0 aliphatic carbocycles. The van der Waals surface area contributed by atoms with Crippen molar-refractivity contribution < 1.29 is 0 Å². The van der Waals surface area contributed by atoms with Crippen molar-refractivity contribution in [2.75, 3.05) is 0 Å². The van der Waals surface area contributed by atoms with Gasteiger partial charge in [-0.2, -0.15) is 0 Å². The maximum Gasteiger partial charge on any atom is -0.0206 e. The fourth-order valence-electron chi connectivity index (χ4n) is 1.24. The first kappa shape index (κ1) is 17.4. The van der Waals surface area contributed by atoms with Gasteiger partial charge in [-0.15, -0.1) is 25.2 Å². The molecule has 0 aromatic heterocycles. The monoisotopic (exact) mass is 226 g/mol. The van der Waals surface area contributed by atoms with Crippen molar-refractivity contribution >= 4 is 0 Å². The van der Waals surface area contributed by atoms with Gasteiger partial charge in [0.05, 0.1) is 0 Å². The van der Waals surface area contributed by atoms with Crippen molar-refractivity contribution in [2.24, 2.45) is 0 Å². The van der Waals surface area contributed by atoms with Gasteiger partial charge in [0.15, 0.2) is 0 Å². The molecule has 0 aliphatic rings. The van der Waals surface area contributed by atoms with Crippen LogP contribution in [0.25, 0.3) is 0 Å². The van der Waals surface area contributed by atoms with E-state index < -0.39 is 0 Å². The molecule has 90 valence electrons. The van der Waals surface area contributed by atoms with Crippen LogP contribution in [0.2, 0.25) is 0 Å². The van der Waals surface area contributed by atoms with Gasteiger partial charge in [-0.1, -0.05) is 44.4 Å². The Morgan fingerprint density at radius 2 is 2.00 bits per heavy atom. The van der Waals surface area contributed by atoms with Crippen molar-refractivity contribution in [3.63, 3.8) is 0 Å². The lowest BCUT2D eigenvalue weighted by molar-refractivity contribution is 0.981. The van der Waals surface area contributed by atoms with Crippen LogP contribution in [0.15, 0.2) is 67.0 Å². The maximum absolute atomic E-state index is 4.04. The molecule has 17 heavy (non-hydrogen) atoms. The molecule has 0 nitrogen and oxygen atoms in total. The van der Waals surface area contributed by atoms with Crippen LogP contribution in [0.1, 0.15) is 26.2 Å². The van der Waals surface area contributed by atoms with Crippen molar-refractivity contribution in [1.82, 2.24) is 0 Å². The van der Waals surface area contributed by atoms with Crippen molar-refractivity contribution in [2.45, 2.75) is 26.2 Å². The van der Waals surface area contributed by atoms with Gasteiger partial charge in [0.25, 0.3) is 0 Å². The van der Waals surface area contributed by atoms with Gasteiger partial charge >= 0.3 is 0 Å². The first-order valence-electron chi connectivity index (χ1n) is 5.61. The van der Waals surface area contributed by atoms with E-state index in [1.165, 1.54) is 5.57 Å². The Morgan fingerprint density at radius 1 is 1.35 bits per heavy atom. The molecule has 0 heterocycles. The second-order valence-corrected chi connectivity index (χ2v) is 3.22. The highest BCUT2D eigenvalue weighted by Crippen LogP contribution is 2.16. The summed E-state index contributed by atoms with van der Waals surface area (Å²) in [5, 5.41) is 0. The molecule has 0 spiro atoms. The highest BCUT2D eigenvalue weighted by Gasteiger charge is 1.97. The molecular weight excluding hydrogens is 204 g/mol. The van der Waals surface area contributed by atoms with E-state index in [0.717, 1.165) is 24.8 Å². The molecule has 0 heteroatoms. The third-order valence-electron chi connectivity index (χ3n) is 1.99. The SMILES string of the molecule is C#C.C=C=C/C=C\C(=C)C(=CCC)CCC=C. The number of hydrogen-bond donors (Lipinski definition) is 0. The number of hydrogen-bond acceptors (Lipinski definition) is 0. The summed E-state index contributed by atoms with van der Waals surface area (Å²) in [7, 11) is 0. The van der Waals surface area contributed by atoms with E-state index in [-0.39, 0.29) is 0 Å². The van der Waals surface area contributed by atoms with E-state index in [9.17, 15) is 0 Å². The lowest BCUT2D eigenvalue weighted by Crippen LogP contribution is -1.85. The minimum atomic E-state index is 0.996. The third kappa shape index (κ3) is 10.3. The zero-order chi connectivity index (χ0) is 13.5. The Kier molecular flexibility index (Phi) is 14.4. The van der Waals surface area contributed by atoms with Crippen LogP contribution in [0.4, 0.5) is 0 Å². The van der Waals surface area contributed by atoms with E-state index in [4.69, 9.17) is 0 Å². The van der Waals surface area contributed by atoms with Crippen molar-refractivity contribution in [3.05, 3.63) is 67.0 Å². The Balaban J connectivity index is 0. The summed E-state index contributed by atoms with van der Waals surface area (Å²) in [6.07, 6.45) is 20.9. The fraction of sp³-hybridized carbons (Fsp3) is 0.235. The third-order valence-corrected chi connectivity index (χ3v) is 1.99. The van der Waals surface area contributed by atoms with Gasteiger partial charge in [0.2, 0.25) is 0 Å². The summed E-state index contributed by atoms with van der Waals surface area (Å²) in [5.41, 5.74) is 5.06. The fourth-order valence-corrected chi connectivity index (χ4v) is 1.24. The molecule has 0 amide bonds. The highest BCUT2D eigenvalue weighted by atomic mass is 14.0. The average Bonchev–Trinajstić information content (AvgIpc) is 2.37. The van der Waals surface area contributed by atoms with Gasteiger partial charge in [-0.05, 0) is 36.5 Å². The molecular formula is C17H22. The van der Waals surface area contributed by atoms with Crippen LogP contribution < -0.4 is 0 Å². The topological polar surface area (TPSA) is 0 Å². The molecule has 0 N–H and O–H groups in total. The van der Waals surface area contributed by atoms with Gasteiger partial charge in [0.1, 0.15) is 0 Å². The summed E-state index contributed by atoms with van der Waals surface area (Å²) in [5.74, 6) is 0. The van der Waals surface area contributed by atoms with E-state index in [1.54, 1.807) is 6.08 Å². The summed E-state index contributed by atoms with van der Waals surface area (Å²) in [6, 6.07) is 0. The second-order valence-electron chi connectivity index (χ2n) is 3.22. The van der Waals surface area contributed by atoms with Crippen molar-refractivity contribution in [3.8, 4) is 12.8 Å². The quantitative estimate of drug-likeness (QED) is 0.248. The Hall–Kier alpha value is -1.96. The first-order chi connectivity index (χ1) is 8.26. The zero-order valence-electron chi connectivity index (χ0n) is 10.8. The molecule has 0 radical (unpaired) electrons. The Bertz CT molecular complexity index is 341. The predicted octanol–water partition coefficient (Wildman–Crippen LogP) is 4.99. The smallest absolute Gasteiger partial charge is 0.0206 e. The van der Waals surface area contributed by atoms with Crippen LogP contribution in [-0.2, 0) is 0 Å². The Labute approximate surface area is 106 Å². The van der Waals surface area contributed by atoms with E-state index in [1.807, 2.05) is 18.2 Å². The molecule has 0 aliphatic heterocycles. The lowest BCUT2D eigenvalue weighted by atomic mass is 10.0. The van der Waals surface area contributed by atoms with Crippen LogP contribution in [0.3, 0.4) is 0 Å². The highest BCUT2D eigenvalue weighted by molar-refractivity contribution is 5.38. The summed E-state index contributed by atoms with van der Waals surface area (Å²) in [6.45, 7) is 13.4. The maximum atomic E-state index is 4.04. The van der Waals surface area contributed by atoms with Crippen LogP contribution in [-0.4, -0.2) is 0 Å². The van der Waals surface area contributed by atoms with Crippen molar-refractivity contribution in [1.29, 1.82) is 0 Å². The second kappa shape index (κ2) is 14.0. The van der Waals surface area contributed by atoms with Gasteiger partial charge in [-0.25, -0.2) is 0 Å². The lowest BCUT2D eigenvalue weighted by Gasteiger charge is -2.05. The number of allylic oxidation sites excluding steroid dienone is 7. The van der Waals surface area contributed by atoms with E-state index in [2.05, 4.69) is 51.3 Å². The molecule has 0 rings (SSSR count). The minimum absolute atomic E-state index is 0.996. The molecule has 0 aromatic rings.